The van der Waals surface area contributed by atoms with Gasteiger partial charge in [-0.15, -0.1) is 0 Å². The molecule has 94 valence electrons. The largest absolute Gasteiger partial charge is 0.497 e. The number of hydrogen-bond donors (Lipinski definition) is 0. The van der Waals surface area contributed by atoms with Crippen molar-refractivity contribution in [1.29, 1.82) is 0 Å². The Morgan fingerprint density at radius 3 is 2.39 bits per heavy atom. The van der Waals surface area contributed by atoms with Crippen LogP contribution in [0.25, 0.3) is 11.1 Å². The van der Waals surface area contributed by atoms with Crippen molar-refractivity contribution in [1.82, 2.24) is 0 Å². The summed E-state index contributed by atoms with van der Waals surface area (Å²) >= 11 is 0. The minimum atomic E-state index is 0.904. The maximum absolute atomic E-state index is 5.18. The van der Waals surface area contributed by atoms with Crippen molar-refractivity contribution in [2.75, 3.05) is 7.11 Å². The molecule has 0 spiro atoms. The van der Waals surface area contributed by atoms with Gasteiger partial charge in [0.1, 0.15) is 5.75 Å². The fraction of sp³-hybridized carbons (Fsp3) is 0.294. The molecule has 0 amide bonds. The van der Waals surface area contributed by atoms with Crippen LogP contribution in [0.1, 0.15) is 25.3 Å². The van der Waals surface area contributed by atoms with E-state index in [1.807, 2.05) is 12.1 Å². The Kier molecular flexibility index (Phi) is 4.40. The molecule has 2 rings (SSSR count). The summed E-state index contributed by atoms with van der Waals surface area (Å²) in [5, 5.41) is 0. The van der Waals surface area contributed by atoms with Gasteiger partial charge in [0.25, 0.3) is 0 Å². The second kappa shape index (κ2) is 6.25. The maximum atomic E-state index is 5.18. The van der Waals surface area contributed by atoms with Crippen LogP contribution < -0.4 is 4.74 Å². The van der Waals surface area contributed by atoms with Gasteiger partial charge in [0.2, 0.25) is 0 Å². The number of benzene rings is 2. The molecule has 2 aromatic rings. The van der Waals surface area contributed by atoms with Gasteiger partial charge in [-0.25, -0.2) is 0 Å². The lowest BCUT2D eigenvalue weighted by molar-refractivity contribution is 0.415. The lowest BCUT2D eigenvalue weighted by Crippen LogP contribution is -1.86. The minimum absolute atomic E-state index is 0.904. The van der Waals surface area contributed by atoms with Crippen molar-refractivity contribution in [3.63, 3.8) is 0 Å². The number of unbranched alkanes of at least 4 members (excludes halogenated alkanes) is 1. The highest BCUT2D eigenvalue weighted by Gasteiger charge is 2.00. The zero-order chi connectivity index (χ0) is 12.8. The summed E-state index contributed by atoms with van der Waals surface area (Å²) in [6.45, 7) is 2.23. The zero-order valence-electron chi connectivity index (χ0n) is 11.1. The second-order valence-electron chi connectivity index (χ2n) is 4.53. The van der Waals surface area contributed by atoms with E-state index in [4.69, 9.17) is 4.74 Å². The quantitative estimate of drug-likeness (QED) is 0.735. The maximum Gasteiger partial charge on any atom is 0.118 e. The first-order chi connectivity index (χ1) is 8.83. The fourth-order valence-electron chi connectivity index (χ4n) is 2.07. The molecule has 0 atom stereocenters. The van der Waals surface area contributed by atoms with Gasteiger partial charge < -0.3 is 4.74 Å². The van der Waals surface area contributed by atoms with Gasteiger partial charge in [0.05, 0.1) is 7.11 Å². The van der Waals surface area contributed by atoms with Gasteiger partial charge in [-0.1, -0.05) is 49.7 Å². The topological polar surface area (TPSA) is 9.23 Å². The van der Waals surface area contributed by atoms with Gasteiger partial charge >= 0.3 is 0 Å². The van der Waals surface area contributed by atoms with Gasteiger partial charge in [-0.2, -0.15) is 0 Å². The highest BCUT2D eigenvalue weighted by Crippen LogP contribution is 2.23. The molecule has 0 N–H and O–H groups in total. The minimum Gasteiger partial charge on any atom is -0.497 e. The smallest absolute Gasteiger partial charge is 0.118 e. The van der Waals surface area contributed by atoms with Crippen LogP contribution in [0.4, 0.5) is 0 Å². The van der Waals surface area contributed by atoms with Crippen molar-refractivity contribution >= 4 is 0 Å². The second-order valence-corrected chi connectivity index (χ2v) is 4.53. The molecule has 0 unspecified atom stereocenters. The predicted octanol–water partition coefficient (Wildman–Crippen LogP) is 4.70. The summed E-state index contributed by atoms with van der Waals surface area (Å²) in [6, 6.07) is 17.0. The molecule has 0 fully saturated rings. The molecule has 1 nitrogen and oxygen atoms in total. The van der Waals surface area contributed by atoms with E-state index in [1.54, 1.807) is 7.11 Å². The Balaban J connectivity index is 2.20. The van der Waals surface area contributed by atoms with Gasteiger partial charge in [-0.05, 0) is 41.7 Å². The third-order valence-electron chi connectivity index (χ3n) is 3.17. The summed E-state index contributed by atoms with van der Waals surface area (Å²) < 4.78 is 5.18. The van der Waals surface area contributed by atoms with Gasteiger partial charge in [0, 0.05) is 0 Å². The van der Waals surface area contributed by atoms with Crippen LogP contribution in [-0.4, -0.2) is 7.11 Å². The van der Waals surface area contributed by atoms with Crippen molar-refractivity contribution in [3.8, 4) is 16.9 Å². The lowest BCUT2D eigenvalue weighted by atomic mass is 10.0. The number of rotatable bonds is 5. The Morgan fingerprint density at radius 2 is 1.72 bits per heavy atom. The molecule has 0 saturated carbocycles. The van der Waals surface area contributed by atoms with E-state index in [2.05, 4.69) is 43.3 Å². The molecule has 2 aromatic carbocycles. The summed E-state index contributed by atoms with van der Waals surface area (Å²) in [7, 11) is 1.69. The first-order valence-corrected chi connectivity index (χ1v) is 6.57. The van der Waals surface area contributed by atoms with Gasteiger partial charge in [-0.3, -0.25) is 0 Å². The predicted molar refractivity (Wildman–Crippen MR) is 77.0 cm³/mol. The van der Waals surface area contributed by atoms with Crippen molar-refractivity contribution < 1.29 is 4.74 Å². The Labute approximate surface area is 109 Å². The Hall–Kier alpha value is -1.76. The first kappa shape index (κ1) is 12.7. The molecule has 0 aromatic heterocycles. The molecule has 0 aliphatic carbocycles. The highest BCUT2D eigenvalue weighted by atomic mass is 16.5. The van der Waals surface area contributed by atoms with E-state index in [1.165, 1.54) is 36.0 Å². The van der Waals surface area contributed by atoms with E-state index in [-0.39, 0.29) is 0 Å². The molecule has 0 heterocycles. The molecule has 0 bridgehead atoms. The summed E-state index contributed by atoms with van der Waals surface area (Å²) in [5.41, 5.74) is 3.95. The SMILES string of the molecule is CCCCc1cccc(-c2ccc(OC)cc2)c1. The molecule has 0 aliphatic rings. The third kappa shape index (κ3) is 3.13. The lowest BCUT2D eigenvalue weighted by Gasteiger charge is -2.06. The van der Waals surface area contributed by atoms with Crippen LogP contribution in [-0.2, 0) is 6.42 Å². The van der Waals surface area contributed by atoms with Crippen LogP contribution in [0.2, 0.25) is 0 Å². The van der Waals surface area contributed by atoms with Crippen molar-refractivity contribution in [2.45, 2.75) is 26.2 Å². The fourth-order valence-corrected chi connectivity index (χ4v) is 2.07. The average molecular weight is 240 g/mol. The first-order valence-electron chi connectivity index (χ1n) is 6.57. The molecule has 18 heavy (non-hydrogen) atoms. The Morgan fingerprint density at radius 1 is 0.944 bits per heavy atom. The molecular formula is C17H20O. The van der Waals surface area contributed by atoms with Crippen LogP contribution in [0.5, 0.6) is 5.75 Å². The normalized spacial score (nSPS) is 10.3. The van der Waals surface area contributed by atoms with E-state index < -0.39 is 0 Å². The van der Waals surface area contributed by atoms with E-state index >= 15 is 0 Å². The summed E-state index contributed by atoms with van der Waals surface area (Å²) in [4.78, 5) is 0. The number of ether oxygens (including phenoxy) is 1. The molecule has 0 saturated heterocycles. The molecule has 0 radical (unpaired) electrons. The monoisotopic (exact) mass is 240 g/mol. The van der Waals surface area contributed by atoms with E-state index in [9.17, 15) is 0 Å². The molecule has 1 heteroatoms. The van der Waals surface area contributed by atoms with E-state index in [0.717, 1.165) is 5.75 Å². The number of hydrogen-bond acceptors (Lipinski definition) is 1. The van der Waals surface area contributed by atoms with Crippen LogP contribution >= 0.6 is 0 Å². The van der Waals surface area contributed by atoms with Crippen LogP contribution in [0.15, 0.2) is 48.5 Å². The summed E-state index contributed by atoms with van der Waals surface area (Å²) in [6.07, 6.45) is 3.67. The van der Waals surface area contributed by atoms with Crippen molar-refractivity contribution in [3.05, 3.63) is 54.1 Å². The number of methoxy groups -OCH3 is 1. The molecule has 0 aliphatic heterocycles. The molecular weight excluding hydrogens is 220 g/mol. The zero-order valence-corrected chi connectivity index (χ0v) is 11.1. The van der Waals surface area contributed by atoms with Crippen LogP contribution in [0, 0.1) is 0 Å². The third-order valence-corrected chi connectivity index (χ3v) is 3.17. The summed E-state index contributed by atoms with van der Waals surface area (Å²) in [5.74, 6) is 0.904. The van der Waals surface area contributed by atoms with Crippen LogP contribution in [0.3, 0.4) is 0 Å². The van der Waals surface area contributed by atoms with Crippen molar-refractivity contribution in [2.24, 2.45) is 0 Å². The highest BCUT2D eigenvalue weighted by molar-refractivity contribution is 5.64. The average Bonchev–Trinajstić information content (AvgIpc) is 2.45. The Bertz CT molecular complexity index is 485. The standard InChI is InChI=1S/C17H20O/c1-3-4-6-14-7-5-8-16(13-14)15-9-11-17(18-2)12-10-15/h5,7-13H,3-4,6H2,1-2H3. The van der Waals surface area contributed by atoms with E-state index in [0.29, 0.717) is 0 Å². The van der Waals surface area contributed by atoms with Gasteiger partial charge in [0.15, 0.2) is 0 Å². The number of aryl methyl sites for hydroxylation is 1.